The van der Waals surface area contributed by atoms with Gasteiger partial charge in [-0.15, -0.1) is 0 Å². The first-order chi connectivity index (χ1) is 17.0. The topological polar surface area (TPSA) is 69.7 Å². The molecule has 0 bridgehead atoms. The molecule has 36 heavy (non-hydrogen) atoms. The highest BCUT2D eigenvalue weighted by Gasteiger charge is 2.38. The van der Waals surface area contributed by atoms with E-state index in [1.54, 1.807) is 6.07 Å². The van der Waals surface area contributed by atoms with Gasteiger partial charge in [-0.1, -0.05) is 13.8 Å². The summed E-state index contributed by atoms with van der Waals surface area (Å²) in [5, 5.41) is 1.92. The molecule has 0 aliphatic carbocycles. The van der Waals surface area contributed by atoms with Gasteiger partial charge in [0.15, 0.2) is 0 Å². The maximum Gasteiger partial charge on any atom is 0.294 e. The van der Waals surface area contributed by atoms with E-state index >= 15 is 4.39 Å². The number of hydrogen-bond donors (Lipinski definition) is 1. The Bertz CT molecular complexity index is 1240. The van der Waals surface area contributed by atoms with Crippen molar-refractivity contribution in [3.63, 3.8) is 0 Å². The molecule has 2 aliphatic heterocycles. The largest absolute Gasteiger partial charge is 0.366 e. The summed E-state index contributed by atoms with van der Waals surface area (Å²) in [5.74, 6) is -1.98. The molecule has 0 saturated carbocycles. The molecule has 1 atom stereocenters. The number of nitrogens with zero attached hydrogens (tertiary/aromatic N) is 2. The van der Waals surface area contributed by atoms with Crippen molar-refractivity contribution in [1.29, 1.82) is 0 Å². The molecule has 0 spiro atoms. The number of amides is 3. The van der Waals surface area contributed by atoms with E-state index < -0.39 is 35.2 Å². The van der Waals surface area contributed by atoms with E-state index in [1.807, 2.05) is 0 Å². The molecule has 3 amide bonds. The minimum atomic E-state index is -0.654. The first kappa shape index (κ1) is 25.9. The maximum atomic E-state index is 15.2. The van der Waals surface area contributed by atoms with E-state index in [0.717, 1.165) is 35.5 Å². The van der Waals surface area contributed by atoms with Crippen molar-refractivity contribution in [2.24, 2.45) is 0 Å². The standard InChI is InChI=1S/C27H29F2N3O3S/c1-5-10-32-22-13-21(29)17(11-20(22)16(2)14-27(32,3)4)12-23-25(34)31(26(35)36-23)15-24(33)30-19-8-6-18(28)7-9-19/h6-9,11-13,16H,5,10,14-15H2,1-4H3,(H,30,33)/b23-12+. The Morgan fingerprint density at radius 3 is 2.56 bits per heavy atom. The molecule has 2 aliphatic rings. The second kappa shape index (κ2) is 10.0. The highest BCUT2D eigenvalue weighted by atomic mass is 32.2. The van der Waals surface area contributed by atoms with E-state index in [1.165, 1.54) is 36.4 Å². The number of carbonyl (C=O) groups is 3. The van der Waals surface area contributed by atoms with E-state index in [-0.39, 0.29) is 21.9 Å². The summed E-state index contributed by atoms with van der Waals surface area (Å²) < 4.78 is 28.3. The summed E-state index contributed by atoms with van der Waals surface area (Å²) in [4.78, 5) is 40.8. The van der Waals surface area contributed by atoms with Crippen molar-refractivity contribution >= 4 is 46.3 Å². The molecule has 1 saturated heterocycles. The third-order valence-corrected chi connectivity index (χ3v) is 7.45. The van der Waals surface area contributed by atoms with Crippen LogP contribution in [0.1, 0.15) is 57.6 Å². The van der Waals surface area contributed by atoms with Crippen LogP contribution in [-0.2, 0) is 9.59 Å². The van der Waals surface area contributed by atoms with Gasteiger partial charge in [0.1, 0.15) is 18.2 Å². The van der Waals surface area contributed by atoms with Crippen LogP contribution in [0.3, 0.4) is 0 Å². The number of thioether (sulfide) groups is 1. The summed E-state index contributed by atoms with van der Waals surface area (Å²) in [7, 11) is 0. The van der Waals surface area contributed by atoms with Gasteiger partial charge in [-0.25, -0.2) is 8.78 Å². The monoisotopic (exact) mass is 513 g/mol. The van der Waals surface area contributed by atoms with Gasteiger partial charge in [0.25, 0.3) is 11.1 Å². The number of nitrogens with one attached hydrogen (secondary N) is 1. The minimum absolute atomic E-state index is 0.0580. The Morgan fingerprint density at radius 1 is 1.19 bits per heavy atom. The van der Waals surface area contributed by atoms with Gasteiger partial charge in [-0.05, 0) is 92.4 Å². The molecule has 0 aromatic heterocycles. The summed E-state index contributed by atoms with van der Waals surface area (Å²) >= 11 is 0.674. The fourth-order valence-electron chi connectivity index (χ4n) is 4.93. The fourth-order valence-corrected chi connectivity index (χ4v) is 5.76. The van der Waals surface area contributed by atoms with Crippen molar-refractivity contribution in [2.45, 2.75) is 52.0 Å². The van der Waals surface area contributed by atoms with Crippen molar-refractivity contribution in [3.8, 4) is 0 Å². The van der Waals surface area contributed by atoms with Crippen LogP contribution in [0.4, 0.5) is 25.0 Å². The molecule has 2 heterocycles. The number of benzene rings is 2. The van der Waals surface area contributed by atoms with Crippen LogP contribution in [0.25, 0.3) is 6.08 Å². The molecule has 9 heteroatoms. The number of rotatable bonds is 6. The summed E-state index contributed by atoms with van der Waals surface area (Å²) in [6.07, 6.45) is 3.22. The van der Waals surface area contributed by atoms with Crippen LogP contribution < -0.4 is 10.2 Å². The van der Waals surface area contributed by atoms with Crippen LogP contribution in [0.2, 0.25) is 0 Å². The Balaban J connectivity index is 1.55. The van der Waals surface area contributed by atoms with Gasteiger partial charge in [0.05, 0.1) is 4.91 Å². The highest BCUT2D eigenvalue weighted by molar-refractivity contribution is 8.18. The second-order valence-corrected chi connectivity index (χ2v) is 10.8. The number of hydrogen-bond acceptors (Lipinski definition) is 5. The van der Waals surface area contributed by atoms with Crippen molar-refractivity contribution in [2.75, 3.05) is 23.3 Å². The van der Waals surface area contributed by atoms with E-state index in [4.69, 9.17) is 0 Å². The number of carbonyl (C=O) groups excluding carboxylic acids is 3. The molecule has 4 rings (SSSR count). The molecule has 2 aromatic rings. The van der Waals surface area contributed by atoms with Crippen LogP contribution in [-0.4, -0.2) is 40.6 Å². The highest BCUT2D eigenvalue weighted by Crippen LogP contribution is 2.45. The molecule has 0 radical (unpaired) electrons. The number of halogens is 2. The zero-order valence-corrected chi connectivity index (χ0v) is 21.5. The third kappa shape index (κ3) is 5.16. The Morgan fingerprint density at radius 2 is 1.89 bits per heavy atom. The summed E-state index contributed by atoms with van der Waals surface area (Å²) in [6.45, 7) is 8.84. The predicted octanol–water partition coefficient (Wildman–Crippen LogP) is 6.14. The van der Waals surface area contributed by atoms with E-state index in [9.17, 15) is 18.8 Å². The van der Waals surface area contributed by atoms with Gasteiger partial charge >= 0.3 is 0 Å². The Labute approximate surface area is 213 Å². The molecule has 190 valence electrons. The van der Waals surface area contributed by atoms with E-state index in [2.05, 4.69) is 37.9 Å². The lowest BCUT2D eigenvalue weighted by Crippen LogP contribution is -2.48. The van der Waals surface area contributed by atoms with Gasteiger partial charge in [-0.3, -0.25) is 19.3 Å². The van der Waals surface area contributed by atoms with Crippen molar-refractivity contribution in [3.05, 3.63) is 64.1 Å². The third-order valence-electron chi connectivity index (χ3n) is 6.54. The van der Waals surface area contributed by atoms with Crippen LogP contribution in [0.5, 0.6) is 0 Å². The average molecular weight is 514 g/mol. The lowest BCUT2D eigenvalue weighted by Gasteiger charge is -2.47. The number of fused-ring (bicyclic) bond motifs is 1. The van der Waals surface area contributed by atoms with Gasteiger partial charge in [-0.2, -0.15) is 0 Å². The molecule has 6 nitrogen and oxygen atoms in total. The zero-order valence-electron chi connectivity index (χ0n) is 20.7. The number of imide groups is 1. The maximum absolute atomic E-state index is 15.2. The van der Waals surface area contributed by atoms with Crippen LogP contribution >= 0.6 is 11.8 Å². The van der Waals surface area contributed by atoms with Gasteiger partial charge in [0, 0.05) is 29.0 Å². The second-order valence-electron chi connectivity index (χ2n) is 9.82. The Kier molecular flexibility index (Phi) is 7.22. The fraction of sp³-hybridized carbons (Fsp3) is 0.370. The lowest BCUT2D eigenvalue weighted by atomic mass is 9.79. The smallest absolute Gasteiger partial charge is 0.294 e. The number of anilines is 2. The molecular weight excluding hydrogens is 484 g/mol. The minimum Gasteiger partial charge on any atom is -0.366 e. The normalized spacial score (nSPS) is 20.2. The molecule has 1 N–H and O–H groups in total. The zero-order chi connectivity index (χ0) is 26.2. The molecule has 1 fully saturated rings. The molecular formula is C27H29F2N3O3S. The van der Waals surface area contributed by atoms with Gasteiger partial charge < -0.3 is 10.2 Å². The SMILES string of the molecule is CCCN1c2cc(F)c(/C=C3/SC(=O)N(CC(=O)Nc4ccc(F)cc4)C3=O)cc2C(C)CC1(C)C. The molecule has 2 aromatic carbocycles. The van der Waals surface area contributed by atoms with Crippen LogP contribution in [0.15, 0.2) is 41.3 Å². The average Bonchev–Trinajstić information content (AvgIpc) is 3.06. The Hall–Kier alpha value is -3.20. The summed E-state index contributed by atoms with van der Waals surface area (Å²) in [5.41, 5.74) is 2.34. The predicted molar refractivity (Wildman–Crippen MR) is 139 cm³/mol. The van der Waals surface area contributed by atoms with Crippen molar-refractivity contribution in [1.82, 2.24) is 4.90 Å². The lowest BCUT2D eigenvalue weighted by molar-refractivity contribution is -0.127. The van der Waals surface area contributed by atoms with Crippen LogP contribution in [0, 0.1) is 11.6 Å². The first-order valence-electron chi connectivity index (χ1n) is 11.9. The van der Waals surface area contributed by atoms with E-state index in [0.29, 0.717) is 17.4 Å². The molecule has 1 unspecified atom stereocenters. The quantitative estimate of drug-likeness (QED) is 0.470. The summed E-state index contributed by atoms with van der Waals surface area (Å²) in [6, 6.07) is 8.42. The van der Waals surface area contributed by atoms with Crippen molar-refractivity contribution < 1.29 is 23.2 Å². The van der Waals surface area contributed by atoms with Gasteiger partial charge in [0.2, 0.25) is 5.91 Å². The first-order valence-corrected chi connectivity index (χ1v) is 12.7.